The first-order valence-electron chi connectivity index (χ1n) is 5.40. The number of methoxy groups -OCH3 is 1. The fourth-order valence-corrected chi connectivity index (χ4v) is 2.21. The van der Waals surface area contributed by atoms with Gasteiger partial charge in [0.25, 0.3) is 5.88 Å². The number of hydrogen-bond donors (Lipinski definition) is 0. The van der Waals surface area contributed by atoms with Crippen LogP contribution in [0.25, 0.3) is 0 Å². The molecule has 0 saturated carbocycles. The highest BCUT2D eigenvalue weighted by Gasteiger charge is 2.17. The van der Waals surface area contributed by atoms with Crippen molar-refractivity contribution < 1.29 is 17.3 Å². The average molecular weight is 280 g/mol. The molecule has 0 N–H and O–H groups in total. The van der Waals surface area contributed by atoms with E-state index in [1.807, 2.05) is 6.92 Å². The van der Waals surface area contributed by atoms with E-state index in [1.165, 1.54) is 31.4 Å². The van der Waals surface area contributed by atoms with Gasteiger partial charge in [-0.3, -0.25) is 0 Å². The number of hydrogen-bond acceptors (Lipinski definition) is 6. The summed E-state index contributed by atoms with van der Waals surface area (Å²) < 4.78 is 33.6. The van der Waals surface area contributed by atoms with Gasteiger partial charge >= 0.3 is 10.1 Å². The lowest BCUT2D eigenvalue weighted by molar-refractivity contribution is 0.387. The molecule has 19 heavy (non-hydrogen) atoms. The van der Waals surface area contributed by atoms with Crippen molar-refractivity contribution in [2.45, 2.75) is 11.8 Å². The van der Waals surface area contributed by atoms with Crippen molar-refractivity contribution in [1.29, 1.82) is 0 Å². The second kappa shape index (κ2) is 5.23. The molecular weight excluding hydrogens is 268 g/mol. The third-order valence-electron chi connectivity index (χ3n) is 2.33. The van der Waals surface area contributed by atoms with Gasteiger partial charge in [-0.25, -0.2) is 0 Å². The van der Waals surface area contributed by atoms with Crippen LogP contribution in [0.1, 0.15) is 5.56 Å². The summed E-state index contributed by atoms with van der Waals surface area (Å²) in [5, 5.41) is 7.23. The Morgan fingerprint density at radius 3 is 2.05 bits per heavy atom. The van der Waals surface area contributed by atoms with Gasteiger partial charge in [-0.05, 0) is 19.1 Å². The van der Waals surface area contributed by atoms with Crippen LogP contribution in [-0.2, 0) is 10.1 Å². The molecule has 0 radical (unpaired) electrons. The zero-order valence-electron chi connectivity index (χ0n) is 10.4. The van der Waals surface area contributed by atoms with Crippen LogP contribution in [0, 0.1) is 6.92 Å². The van der Waals surface area contributed by atoms with Crippen molar-refractivity contribution in [1.82, 2.24) is 10.2 Å². The minimum absolute atomic E-state index is 0.0655. The van der Waals surface area contributed by atoms with Gasteiger partial charge in [0.1, 0.15) is 4.90 Å². The lowest BCUT2D eigenvalue weighted by Gasteiger charge is -2.06. The Labute approximate surface area is 111 Å². The van der Waals surface area contributed by atoms with Crippen molar-refractivity contribution >= 4 is 10.1 Å². The number of benzene rings is 1. The maximum absolute atomic E-state index is 11.9. The fraction of sp³-hybridized carbons (Fsp3) is 0.167. The summed E-state index contributed by atoms with van der Waals surface area (Å²) in [6, 6.07) is 9.17. The summed E-state index contributed by atoms with van der Waals surface area (Å²) in [5.41, 5.74) is 0.961. The predicted octanol–water partition coefficient (Wildman–Crippen LogP) is 1.56. The molecule has 0 bridgehead atoms. The zero-order chi connectivity index (χ0) is 13.9. The van der Waals surface area contributed by atoms with Crippen LogP contribution in [0.5, 0.6) is 11.8 Å². The van der Waals surface area contributed by atoms with Crippen LogP contribution in [-0.4, -0.2) is 25.7 Å². The van der Waals surface area contributed by atoms with E-state index >= 15 is 0 Å². The first-order chi connectivity index (χ1) is 9.01. The molecule has 1 aromatic carbocycles. The monoisotopic (exact) mass is 280 g/mol. The maximum Gasteiger partial charge on any atom is 0.340 e. The Kier molecular flexibility index (Phi) is 3.66. The smallest absolute Gasteiger partial charge is 0.340 e. The van der Waals surface area contributed by atoms with Gasteiger partial charge in [-0.2, -0.15) is 8.42 Å². The highest BCUT2D eigenvalue weighted by atomic mass is 32.2. The van der Waals surface area contributed by atoms with Gasteiger partial charge in [0.05, 0.1) is 7.11 Å². The topological polar surface area (TPSA) is 78.4 Å². The van der Waals surface area contributed by atoms with Crippen molar-refractivity contribution in [2.75, 3.05) is 7.11 Å². The Bertz CT molecular complexity index is 651. The Balaban J connectivity index is 2.23. The number of nitrogens with zero attached hydrogens (tertiary/aromatic N) is 2. The molecule has 1 heterocycles. The maximum atomic E-state index is 11.9. The van der Waals surface area contributed by atoms with E-state index in [2.05, 4.69) is 10.2 Å². The van der Waals surface area contributed by atoms with Gasteiger partial charge in [0.2, 0.25) is 5.88 Å². The second-order valence-electron chi connectivity index (χ2n) is 3.76. The highest BCUT2D eigenvalue weighted by Crippen LogP contribution is 2.17. The van der Waals surface area contributed by atoms with Gasteiger partial charge in [-0.15, -0.1) is 10.2 Å². The first-order valence-corrected chi connectivity index (χ1v) is 6.81. The van der Waals surface area contributed by atoms with Gasteiger partial charge in [0, 0.05) is 12.1 Å². The van der Waals surface area contributed by atoms with E-state index in [0.717, 1.165) is 5.56 Å². The largest absolute Gasteiger partial charge is 0.480 e. The lowest BCUT2D eigenvalue weighted by atomic mass is 10.2. The second-order valence-corrected chi connectivity index (χ2v) is 5.31. The molecule has 0 aliphatic heterocycles. The first kappa shape index (κ1) is 13.3. The van der Waals surface area contributed by atoms with E-state index in [0.29, 0.717) is 0 Å². The quantitative estimate of drug-likeness (QED) is 0.791. The van der Waals surface area contributed by atoms with Crippen LogP contribution in [0.3, 0.4) is 0 Å². The van der Waals surface area contributed by atoms with Crippen LogP contribution in [0.4, 0.5) is 0 Å². The van der Waals surface area contributed by atoms with E-state index in [1.54, 1.807) is 12.1 Å². The summed E-state index contributed by atoms with van der Waals surface area (Å²) in [6.45, 7) is 1.87. The number of aryl methyl sites for hydroxylation is 1. The van der Waals surface area contributed by atoms with E-state index in [4.69, 9.17) is 8.92 Å². The average Bonchev–Trinajstić information content (AvgIpc) is 2.40. The molecule has 0 atom stereocenters. The minimum atomic E-state index is -3.89. The molecule has 0 spiro atoms. The Morgan fingerprint density at radius 1 is 0.947 bits per heavy atom. The standard InChI is InChI=1S/C12H12N2O4S/c1-9-3-5-10(6-4-9)19(15,16)18-12-8-7-11(17-2)13-14-12/h3-8H,1-2H3. The highest BCUT2D eigenvalue weighted by molar-refractivity contribution is 7.87. The molecule has 2 rings (SSSR count). The van der Waals surface area contributed by atoms with Gasteiger partial charge in [0.15, 0.2) is 0 Å². The molecule has 0 aliphatic carbocycles. The molecule has 6 nitrogen and oxygen atoms in total. The molecule has 2 aromatic rings. The Morgan fingerprint density at radius 2 is 1.53 bits per heavy atom. The molecule has 0 saturated heterocycles. The zero-order valence-corrected chi connectivity index (χ0v) is 11.2. The van der Waals surface area contributed by atoms with Crippen molar-refractivity contribution in [3.8, 4) is 11.8 Å². The molecule has 0 amide bonds. The molecule has 0 aliphatic rings. The van der Waals surface area contributed by atoms with Crippen LogP contribution in [0.15, 0.2) is 41.3 Å². The van der Waals surface area contributed by atoms with Crippen molar-refractivity contribution in [2.24, 2.45) is 0 Å². The minimum Gasteiger partial charge on any atom is -0.480 e. The van der Waals surface area contributed by atoms with Crippen molar-refractivity contribution in [3.63, 3.8) is 0 Å². The SMILES string of the molecule is COc1ccc(OS(=O)(=O)c2ccc(C)cc2)nn1. The molecule has 1 aromatic heterocycles. The molecular formula is C12H12N2O4S. The van der Waals surface area contributed by atoms with Gasteiger partial charge in [-0.1, -0.05) is 17.7 Å². The van der Waals surface area contributed by atoms with Crippen LogP contribution < -0.4 is 8.92 Å². The summed E-state index contributed by atoms with van der Waals surface area (Å²) >= 11 is 0. The number of ether oxygens (including phenoxy) is 1. The lowest BCUT2D eigenvalue weighted by Crippen LogP contribution is -2.11. The third kappa shape index (κ3) is 3.19. The van der Waals surface area contributed by atoms with Crippen molar-refractivity contribution in [3.05, 3.63) is 42.0 Å². The summed E-state index contributed by atoms with van der Waals surface area (Å²) in [7, 11) is -2.45. The molecule has 7 heteroatoms. The summed E-state index contributed by atoms with van der Waals surface area (Å²) in [6.07, 6.45) is 0. The van der Waals surface area contributed by atoms with E-state index in [-0.39, 0.29) is 16.7 Å². The third-order valence-corrected chi connectivity index (χ3v) is 3.57. The number of aromatic nitrogens is 2. The molecule has 0 fully saturated rings. The number of rotatable bonds is 4. The summed E-state index contributed by atoms with van der Waals surface area (Å²) in [4.78, 5) is 0.0655. The van der Waals surface area contributed by atoms with E-state index < -0.39 is 10.1 Å². The normalized spacial score (nSPS) is 11.1. The summed E-state index contributed by atoms with van der Waals surface area (Å²) in [5.74, 6) is 0.168. The predicted molar refractivity (Wildman–Crippen MR) is 67.6 cm³/mol. The molecule has 100 valence electrons. The fourth-order valence-electron chi connectivity index (χ4n) is 1.33. The van der Waals surface area contributed by atoms with Gasteiger partial charge < -0.3 is 8.92 Å². The Hall–Kier alpha value is -2.15. The van der Waals surface area contributed by atoms with E-state index in [9.17, 15) is 8.42 Å². The van der Waals surface area contributed by atoms with Crippen LogP contribution in [0.2, 0.25) is 0 Å². The van der Waals surface area contributed by atoms with Crippen LogP contribution >= 0.6 is 0 Å². The molecule has 0 unspecified atom stereocenters.